The van der Waals surface area contributed by atoms with E-state index in [0.717, 1.165) is 18.7 Å². The van der Waals surface area contributed by atoms with Gasteiger partial charge < -0.3 is 15.4 Å². The Labute approximate surface area is 128 Å². The third-order valence-electron chi connectivity index (χ3n) is 3.22. The number of nitrogens with one attached hydrogen (secondary N) is 2. The minimum Gasteiger partial charge on any atom is -0.484 e. The van der Waals surface area contributed by atoms with Gasteiger partial charge in [-0.05, 0) is 36.6 Å². The predicted octanol–water partition coefficient (Wildman–Crippen LogP) is 2.90. The lowest BCUT2D eigenvalue weighted by molar-refractivity contribution is -0.123. The molecule has 0 fully saturated rings. The largest absolute Gasteiger partial charge is 0.484 e. The Morgan fingerprint density at radius 1 is 1.19 bits per heavy atom. The fourth-order valence-corrected chi connectivity index (χ4v) is 2.06. The second-order valence-corrected chi connectivity index (χ2v) is 5.57. The fraction of sp³-hybridized carbons (Fsp3) is 0.588. The maximum atomic E-state index is 11.6. The van der Waals surface area contributed by atoms with Crippen molar-refractivity contribution < 1.29 is 9.53 Å². The van der Waals surface area contributed by atoms with E-state index in [4.69, 9.17) is 4.74 Å². The summed E-state index contributed by atoms with van der Waals surface area (Å²) in [6.07, 6.45) is 1.05. The Bertz CT molecular complexity index is 415. The van der Waals surface area contributed by atoms with Crippen LogP contribution in [0, 0.1) is 5.92 Å². The van der Waals surface area contributed by atoms with E-state index < -0.39 is 0 Å². The highest BCUT2D eigenvalue weighted by molar-refractivity contribution is 5.77. The molecule has 21 heavy (non-hydrogen) atoms. The highest BCUT2D eigenvalue weighted by atomic mass is 16.5. The molecule has 118 valence electrons. The van der Waals surface area contributed by atoms with Gasteiger partial charge in [0.15, 0.2) is 6.61 Å². The number of ether oxygens (including phenoxy) is 1. The molecular weight excluding hydrogens is 264 g/mol. The van der Waals surface area contributed by atoms with Gasteiger partial charge in [0.25, 0.3) is 5.91 Å². The van der Waals surface area contributed by atoms with Crippen LogP contribution in [0.1, 0.15) is 45.7 Å². The van der Waals surface area contributed by atoms with Crippen molar-refractivity contribution in [3.63, 3.8) is 0 Å². The van der Waals surface area contributed by atoms with E-state index in [1.54, 1.807) is 0 Å². The molecule has 4 heteroatoms. The lowest BCUT2D eigenvalue weighted by Gasteiger charge is -2.16. The number of hydrogen-bond acceptors (Lipinski definition) is 3. The van der Waals surface area contributed by atoms with Crippen molar-refractivity contribution >= 4 is 5.91 Å². The molecule has 1 unspecified atom stereocenters. The third kappa shape index (κ3) is 6.63. The van der Waals surface area contributed by atoms with Crippen molar-refractivity contribution in [1.82, 2.24) is 10.6 Å². The lowest BCUT2D eigenvalue weighted by atomic mass is 10.0. The molecule has 0 saturated carbocycles. The van der Waals surface area contributed by atoms with Crippen LogP contribution in [0.25, 0.3) is 0 Å². The maximum Gasteiger partial charge on any atom is 0.257 e. The minimum absolute atomic E-state index is 0.0660. The highest BCUT2D eigenvalue weighted by Crippen LogP contribution is 2.20. The molecule has 0 aliphatic heterocycles. The summed E-state index contributed by atoms with van der Waals surface area (Å²) in [4.78, 5) is 11.6. The molecular formula is C17H28N2O2. The predicted molar refractivity (Wildman–Crippen MR) is 86.5 cm³/mol. The first-order valence-corrected chi connectivity index (χ1v) is 7.79. The Morgan fingerprint density at radius 2 is 1.86 bits per heavy atom. The number of amides is 1. The number of benzene rings is 1. The molecule has 0 aliphatic rings. The normalized spacial score (nSPS) is 12.2. The SMILES string of the molecule is CCNC(CC)c1ccc(OCC(=O)NCC(C)C)cc1. The number of carbonyl (C=O) groups excluding carboxylic acids is 1. The molecule has 0 radical (unpaired) electrons. The van der Waals surface area contributed by atoms with E-state index in [1.165, 1.54) is 5.56 Å². The van der Waals surface area contributed by atoms with E-state index in [1.807, 2.05) is 12.1 Å². The van der Waals surface area contributed by atoms with Gasteiger partial charge in [0.1, 0.15) is 5.75 Å². The zero-order valence-corrected chi connectivity index (χ0v) is 13.6. The molecule has 4 nitrogen and oxygen atoms in total. The highest BCUT2D eigenvalue weighted by Gasteiger charge is 2.08. The summed E-state index contributed by atoms with van der Waals surface area (Å²) < 4.78 is 5.50. The van der Waals surface area contributed by atoms with Crippen molar-refractivity contribution in [2.24, 2.45) is 5.92 Å². The number of carbonyl (C=O) groups is 1. The van der Waals surface area contributed by atoms with Crippen molar-refractivity contribution in [3.05, 3.63) is 29.8 Å². The Balaban J connectivity index is 2.45. The van der Waals surface area contributed by atoms with Gasteiger partial charge in [0.2, 0.25) is 0 Å². The second kappa shape index (κ2) is 9.40. The lowest BCUT2D eigenvalue weighted by Crippen LogP contribution is -2.31. The van der Waals surface area contributed by atoms with E-state index in [9.17, 15) is 4.79 Å². The van der Waals surface area contributed by atoms with Gasteiger partial charge >= 0.3 is 0 Å². The van der Waals surface area contributed by atoms with Gasteiger partial charge in [-0.25, -0.2) is 0 Å². The van der Waals surface area contributed by atoms with Gasteiger partial charge in [-0.3, -0.25) is 4.79 Å². The van der Waals surface area contributed by atoms with Crippen molar-refractivity contribution in [2.45, 2.75) is 40.2 Å². The van der Waals surface area contributed by atoms with Crippen LogP contribution in [-0.2, 0) is 4.79 Å². The molecule has 0 spiro atoms. The summed E-state index contributed by atoms with van der Waals surface area (Å²) in [6, 6.07) is 8.32. The molecule has 1 aromatic carbocycles. The average Bonchev–Trinajstić information content (AvgIpc) is 2.49. The first-order valence-electron chi connectivity index (χ1n) is 7.79. The summed E-state index contributed by atoms with van der Waals surface area (Å²) in [6.45, 7) is 10.1. The smallest absolute Gasteiger partial charge is 0.257 e. The zero-order chi connectivity index (χ0) is 15.7. The van der Waals surface area contributed by atoms with Gasteiger partial charge in [0, 0.05) is 12.6 Å². The summed E-state index contributed by atoms with van der Waals surface area (Å²) >= 11 is 0. The van der Waals surface area contributed by atoms with Crippen LogP contribution in [0.5, 0.6) is 5.75 Å². The van der Waals surface area contributed by atoms with E-state index >= 15 is 0 Å². The molecule has 0 aromatic heterocycles. The fourth-order valence-electron chi connectivity index (χ4n) is 2.06. The maximum absolute atomic E-state index is 11.6. The van der Waals surface area contributed by atoms with Gasteiger partial charge in [0.05, 0.1) is 0 Å². The van der Waals surface area contributed by atoms with E-state index in [-0.39, 0.29) is 12.5 Å². The summed E-state index contributed by atoms with van der Waals surface area (Å²) in [7, 11) is 0. The van der Waals surface area contributed by atoms with Crippen LogP contribution >= 0.6 is 0 Å². The molecule has 1 aromatic rings. The monoisotopic (exact) mass is 292 g/mol. The average molecular weight is 292 g/mol. The van der Waals surface area contributed by atoms with E-state index in [2.05, 4.69) is 50.5 Å². The number of rotatable bonds is 9. The van der Waals surface area contributed by atoms with Crippen molar-refractivity contribution in [1.29, 1.82) is 0 Å². The molecule has 1 rings (SSSR count). The molecule has 2 N–H and O–H groups in total. The molecule has 0 bridgehead atoms. The van der Waals surface area contributed by atoms with Crippen molar-refractivity contribution in [2.75, 3.05) is 19.7 Å². The molecule has 0 aliphatic carbocycles. The first-order chi connectivity index (χ1) is 10.1. The molecule has 0 saturated heterocycles. The van der Waals surface area contributed by atoms with Crippen LogP contribution in [0.4, 0.5) is 0 Å². The van der Waals surface area contributed by atoms with Gasteiger partial charge in [-0.1, -0.05) is 39.8 Å². The van der Waals surface area contributed by atoms with Crippen LogP contribution in [0.2, 0.25) is 0 Å². The Kier molecular flexibility index (Phi) is 7.83. The minimum atomic E-state index is -0.0770. The zero-order valence-electron chi connectivity index (χ0n) is 13.6. The second-order valence-electron chi connectivity index (χ2n) is 5.57. The van der Waals surface area contributed by atoms with Crippen LogP contribution in [0.3, 0.4) is 0 Å². The summed E-state index contributed by atoms with van der Waals surface area (Å²) in [5.74, 6) is 1.10. The van der Waals surface area contributed by atoms with Gasteiger partial charge in [-0.2, -0.15) is 0 Å². The third-order valence-corrected chi connectivity index (χ3v) is 3.22. The number of hydrogen-bond donors (Lipinski definition) is 2. The molecule has 1 amide bonds. The summed E-state index contributed by atoms with van der Waals surface area (Å²) in [5.41, 5.74) is 1.25. The molecule has 0 heterocycles. The molecule has 1 atom stereocenters. The van der Waals surface area contributed by atoms with Crippen LogP contribution < -0.4 is 15.4 Å². The van der Waals surface area contributed by atoms with Crippen LogP contribution in [-0.4, -0.2) is 25.6 Å². The first kappa shape index (κ1) is 17.5. The van der Waals surface area contributed by atoms with Crippen molar-refractivity contribution in [3.8, 4) is 5.75 Å². The van der Waals surface area contributed by atoms with Gasteiger partial charge in [-0.15, -0.1) is 0 Å². The quantitative estimate of drug-likeness (QED) is 0.736. The summed E-state index contributed by atoms with van der Waals surface area (Å²) in [5, 5.41) is 6.27. The van der Waals surface area contributed by atoms with E-state index in [0.29, 0.717) is 18.5 Å². The Morgan fingerprint density at radius 3 is 2.38 bits per heavy atom. The van der Waals surface area contributed by atoms with Crippen LogP contribution in [0.15, 0.2) is 24.3 Å². The Hall–Kier alpha value is -1.55. The topological polar surface area (TPSA) is 50.4 Å². The standard InChI is InChI=1S/C17H28N2O2/c1-5-16(18-6-2)14-7-9-15(10-8-14)21-12-17(20)19-11-13(3)4/h7-10,13,16,18H,5-6,11-12H2,1-4H3,(H,19,20).